The molecule has 0 spiro atoms. The number of carboxylic acids is 1. The van der Waals surface area contributed by atoms with E-state index in [0.717, 1.165) is 51.4 Å². The maximum atomic E-state index is 12.4. The first-order chi connectivity index (χ1) is 17.3. The summed E-state index contributed by atoms with van der Waals surface area (Å²) in [7, 11) is -2.58. The molecule has 2 saturated carbocycles. The van der Waals surface area contributed by atoms with Gasteiger partial charge in [-0.2, -0.15) is 0 Å². The van der Waals surface area contributed by atoms with Crippen LogP contribution >= 0.6 is 18.7 Å². The molecule has 1 aromatic rings. The van der Waals surface area contributed by atoms with Crippen LogP contribution in [0.4, 0.5) is 5.69 Å². The third kappa shape index (κ3) is 8.85. The third-order valence-corrected chi connectivity index (χ3v) is 9.44. The van der Waals surface area contributed by atoms with Crippen LogP contribution in [0.2, 0.25) is 0 Å². The van der Waals surface area contributed by atoms with E-state index >= 15 is 0 Å². The topological polar surface area (TPSA) is 87.1 Å². The maximum absolute atomic E-state index is 12.4. The van der Waals surface area contributed by atoms with E-state index in [1.54, 1.807) is 13.3 Å². The Morgan fingerprint density at radius 3 is 2.41 bits per heavy atom. The average molecular weight is 552 g/mol. The van der Waals surface area contributed by atoms with Crippen molar-refractivity contribution < 1.29 is 24.1 Å². The Labute approximate surface area is 227 Å². The zero-order valence-electron chi connectivity index (χ0n) is 23.5. The van der Waals surface area contributed by atoms with Crippen molar-refractivity contribution in [2.75, 3.05) is 18.2 Å². The van der Waals surface area contributed by atoms with Crippen molar-refractivity contribution in [2.45, 2.75) is 110 Å². The summed E-state index contributed by atoms with van der Waals surface area (Å²) in [5.41, 5.74) is 0.389. The molecular formula is C29H46NO5PS. The highest BCUT2D eigenvalue weighted by Gasteiger charge is 2.37. The van der Waals surface area contributed by atoms with Crippen LogP contribution < -0.4 is 4.90 Å². The van der Waals surface area contributed by atoms with Gasteiger partial charge >= 0.3 is 5.97 Å². The minimum Gasteiger partial charge on any atom is -0.477 e. The number of aliphatic hydroxyl groups is 1. The zero-order valence-corrected chi connectivity index (χ0v) is 25.2. The number of hydrogen-bond acceptors (Lipinski definition) is 6. The molecule has 6 nitrogen and oxygen atoms in total. The second kappa shape index (κ2) is 12.7. The molecule has 2 N–H and O–H groups in total. The fraction of sp³-hybridized carbons (Fsp3) is 0.759. The lowest BCUT2D eigenvalue weighted by molar-refractivity contribution is 0.0675. The number of thiophene rings is 1. The molecule has 0 amide bonds. The van der Waals surface area contributed by atoms with Crippen molar-refractivity contribution >= 4 is 30.4 Å². The predicted molar refractivity (Wildman–Crippen MR) is 153 cm³/mol. The van der Waals surface area contributed by atoms with E-state index in [9.17, 15) is 19.6 Å². The van der Waals surface area contributed by atoms with Gasteiger partial charge < -0.3 is 19.6 Å². The van der Waals surface area contributed by atoms with Crippen LogP contribution in [0.25, 0.3) is 0 Å². The molecule has 0 saturated heterocycles. The van der Waals surface area contributed by atoms with Crippen LogP contribution in [0.1, 0.15) is 106 Å². The van der Waals surface area contributed by atoms with Gasteiger partial charge in [-0.1, -0.05) is 44.4 Å². The Morgan fingerprint density at radius 1 is 1.16 bits per heavy atom. The molecule has 0 bridgehead atoms. The Bertz CT molecular complexity index is 1020. The van der Waals surface area contributed by atoms with Gasteiger partial charge in [0.05, 0.1) is 16.7 Å². The highest BCUT2D eigenvalue weighted by Crippen LogP contribution is 2.44. The van der Waals surface area contributed by atoms with Crippen molar-refractivity contribution in [3.63, 3.8) is 0 Å². The van der Waals surface area contributed by atoms with Crippen molar-refractivity contribution in [1.82, 2.24) is 0 Å². The first kappa shape index (κ1) is 30.2. The molecule has 2 fully saturated rings. The molecule has 1 heterocycles. The Hall–Kier alpha value is -1.32. The van der Waals surface area contributed by atoms with Crippen molar-refractivity contribution in [1.29, 1.82) is 0 Å². The van der Waals surface area contributed by atoms with Gasteiger partial charge in [0.2, 0.25) is 0 Å². The maximum Gasteiger partial charge on any atom is 0.348 e. The number of rotatable bonds is 8. The van der Waals surface area contributed by atoms with Crippen molar-refractivity contribution in [3.8, 4) is 11.8 Å². The predicted octanol–water partition coefficient (Wildman–Crippen LogP) is 7.44. The molecule has 37 heavy (non-hydrogen) atoms. The van der Waals surface area contributed by atoms with Gasteiger partial charge in [0.25, 0.3) is 0 Å². The van der Waals surface area contributed by atoms with Gasteiger partial charge in [0.1, 0.15) is 11.1 Å². The number of carboxylic acid groups (broad SMARTS) is 1. The highest BCUT2D eigenvalue weighted by atomic mass is 32.1. The summed E-state index contributed by atoms with van der Waals surface area (Å²) in [4.78, 5) is 15.3. The van der Waals surface area contributed by atoms with Crippen LogP contribution in [0, 0.1) is 29.1 Å². The first-order valence-electron chi connectivity index (χ1n) is 13.9. The van der Waals surface area contributed by atoms with E-state index in [2.05, 4.69) is 18.8 Å². The van der Waals surface area contributed by atoms with E-state index < -0.39 is 19.6 Å². The van der Waals surface area contributed by atoms with Gasteiger partial charge in [-0.3, -0.25) is 4.57 Å². The summed E-state index contributed by atoms with van der Waals surface area (Å²) < 4.78 is 18.0. The van der Waals surface area contributed by atoms with Gasteiger partial charge in [0.15, 0.2) is 7.37 Å². The molecule has 0 aromatic carbocycles. The standard InChI is InChI=1S/C29H46NO5PS/c1-7-20-9-8-10-21(12-11-20)27(31)30(22-13-15-23(16-14-22)35-36(5,6)34)25-19-24(17-18-29(2,3)4)37-26(25)28(32)33/h19-23,27,31H,7-16H2,1-6H3,(H,32,33)/t20?,21-,22?,23?,27?/m1/s1. The minimum absolute atomic E-state index is 0.00991. The summed E-state index contributed by atoms with van der Waals surface area (Å²) >= 11 is 1.19. The molecule has 2 aliphatic carbocycles. The summed E-state index contributed by atoms with van der Waals surface area (Å²) in [5, 5.41) is 22.0. The normalized spacial score (nSPS) is 26.0. The van der Waals surface area contributed by atoms with Gasteiger partial charge in [-0.25, -0.2) is 4.79 Å². The largest absolute Gasteiger partial charge is 0.477 e. The molecule has 0 radical (unpaired) electrons. The first-order valence-corrected chi connectivity index (χ1v) is 17.2. The molecule has 1 aromatic heterocycles. The van der Waals surface area contributed by atoms with Crippen molar-refractivity contribution in [3.05, 3.63) is 15.8 Å². The molecule has 208 valence electrons. The van der Waals surface area contributed by atoms with Crippen LogP contribution in [-0.4, -0.2) is 47.9 Å². The number of aromatic carboxylic acids is 1. The van der Waals surface area contributed by atoms with Gasteiger partial charge in [-0.15, -0.1) is 11.3 Å². The fourth-order valence-corrected chi connectivity index (χ4v) is 7.50. The monoisotopic (exact) mass is 551 g/mol. The van der Waals surface area contributed by atoms with Crippen LogP contribution in [-0.2, 0) is 9.09 Å². The molecular weight excluding hydrogens is 505 g/mol. The van der Waals surface area contributed by atoms with Crippen LogP contribution in [0.15, 0.2) is 6.07 Å². The molecule has 8 heteroatoms. The SMILES string of the molecule is CCC1CCC[C@@H](C(O)N(c2cc(C#CC(C)(C)C)sc2C(=O)O)C2CCC(OP(C)(C)=O)CC2)CC1. The Balaban J connectivity index is 1.95. The second-order valence-electron chi connectivity index (χ2n) is 12.3. The Morgan fingerprint density at radius 2 is 1.84 bits per heavy atom. The number of carbonyl (C=O) groups is 1. The smallest absolute Gasteiger partial charge is 0.348 e. The molecule has 3 rings (SSSR count). The highest BCUT2D eigenvalue weighted by molar-refractivity contribution is 7.57. The van der Waals surface area contributed by atoms with E-state index in [-0.39, 0.29) is 28.4 Å². The summed E-state index contributed by atoms with van der Waals surface area (Å²) in [6.45, 7) is 11.6. The lowest BCUT2D eigenvalue weighted by Crippen LogP contribution is -2.49. The molecule has 2 unspecified atom stereocenters. The van der Waals surface area contributed by atoms with E-state index in [0.29, 0.717) is 16.5 Å². The number of nitrogens with zero attached hydrogens (tertiary/aromatic N) is 1. The quantitative estimate of drug-likeness (QED) is 0.151. The summed E-state index contributed by atoms with van der Waals surface area (Å²) in [5.74, 6) is 6.21. The second-order valence-corrected chi connectivity index (χ2v) is 16.0. The fourth-order valence-electron chi connectivity index (χ4n) is 5.72. The van der Waals surface area contributed by atoms with Crippen LogP contribution in [0.5, 0.6) is 0 Å². The van der Waals surface area contributed by atoms with E-state index in [1.807, 2.05) is 31.7 Å². The van der Waals surface area contributed by atoms with Crippen molar-refractivity contribution in [2.24, 2.45) is 17.3 Å². The average Bonchev–Trinajstić information content (AvgIpc) is 3.07. The zero-order chi connectivity index (χ0) is 27.4. The summed E-state index contributed by atoms with van der Waals surface area (Å²) in [6, 6.07) is 1.86. The molecule has 3 atom stereocenters. The molecule has 0 aliphatic heterocycles. The van der Waals surface area contributed by atoms with Crippen LogP contribution in [0.3, 0.4) is 0 Å². The number of anilines is 1. The molecule has 2 aliphatic rings. The van der Waals surface area contributed by atoms with Gasteiger partial charge in [0, 0.05) is 30.7 Å². The summed E-state index contributed by atoms with van der Waals surface area (Å²) in [6.07, 6.45) is 8.63. The Kier molecular flexibility index (Phi) is 10.4. The van der Waals surface area contributed by atoms with Gasteiger partial charge in [-0.05, 0) is 71.3 Å². The lowest BCUT2D eigenvalue weighted by atomic mass is 9.89. The number of hydrogen-bond donors (Lipinski definition) is 2. The third-order valence-electron chi connectivity index (χ3n) is 7.60. The van der Waals surface area contributed by atoms with E-state index in [4.69, 9.17) is 4.52 Å². The number of aliphatic hydroxyl groups excluding tert-OH is 1. The van der Waals surface area contributed by atoms with E-state index in [1.165, 1.54) is 24.2 Å². The minimum atomic E-state index is -2.58. The lowest BCUT2D eigenvalue weighted by Gasteiger charge is -2.43.